The number of thiophene rings is 1. The Morgan fingerprint density at radius 2 is 1.94 bits per heavy atom. The molecule has 1 aromatic carbocycles. The van der Waals surface area contributed by atoms with Crippen LogP contribution >= 0.6 is 35.3 Å². The fourth-order valence-electron chi connectivity index (χ4n) is 3.12. The number of methoxy groups -OCH3 is 1. The van der Waals surface area contributed by atoms with Crippen LogP contribution in [0.2, 0.25) is 0 Å². The number of ether oxygens (including phenoxy) is 1. The van der Waals surface area contributed by atoms with Crippen molar-refractivity contribution in [2.75, 3.05) is 40.8 Å². The van der Waals surface area contributed by atoms with Crippen LogP contribution in [-0.4, -0.2) is 62.6 Å². The Bertz CT molecular complexity index is 985. The molecule has 168 valence electrons. The Balaban J connectivity index is 0.00000341. The van der Waals surface area contributed by atoms with Crippen molar-refractivity contribution in [3.63, 3.8) is 0 Å². The van der Waals surface area contributed by atoms with Crippen molar-refractivity contribution in [1.82, 2.24) is 20.5 Å². The normalized spacial score (nSPS) is 11.1. The van der Waals surface area contributed by atoms with E-state index >= 15 is 0 Å². The number of aliphatic imine (C=N–C) groups is 1. The molecule has 0 aliphatic heterocycles. The maximum atomic E-state index is 11.9. The van der Waals surface area contributed by atoms with Gasteiger partial charge >= 0.3 is 0 Å². The topological polar surface area (TPSA) is 81.7 Å². The summed E-state index contributed by atoms with van der Waals surface area (Å²) in [6.45, 7) is 1.55. The predicted molar refractivity (Wildman–Crippen MR) is 139 cm³/mol. The van der Waals surface area contributed by atoms with Gasteiger partial charge in [-0.15, -0.1) is 35.3 Å². The van der Waals surface area contributed by atoms with Crippen LogP contribution in [0.3, 0.4) is 0 Å². The highest BCUT2D eigenvalue weighted by atomic mass is 127. The maximum Gasteiger partial charge on any atom is 0.243 e. The van der Waals surface area contributed by atoms with Crippen molar-refractivity contribution in [1.29, 1.82) is 0 Å². The number of H-pyrrole nitrogens is 1. The number of guanidine groups is 1. The Labute approximate surface area is 204 Å². The molecule has 0 unspecified atom stereocenters. The summed E-state index contributed by atoms with van der Waals surface area (Å²) in [7, 11) is 5.16. The van der Waals surface area contributed by atoms with E-state index in [1.807, 2.05) is 24.4 Å². The number of nitrogens with one attached hydrogen (secondary N) is 3. The van der Waals surface area contributed by atoms with Crippen molar-refractivity contribution < 1.29 is 9.53 Å². The average molecular weight is 555 g/mol. The summed E-state index contributed by atoms with van der Waals surface area (Å²) in [6, 6.07) is 10.2. The van der Waals surface area contributed by atoms with E-state index in [0.717, 1.165) is 36.0 Å². The zero-order valence-electron chi connectivity index (χ0n) is 18.1. The summed E-state index contributed by atoms with van der Waals surface area (Å²) >= 11 is 1.74. The molecule has 3 N–H and O–H groups in total. The van der Waals surface area contributed by atoms with Crippen LogP contribution < -0.4 is 15.4 Å². The number of hydrogen-bond acceptors (Lipinski definition) is 4. The zero-order valence-corrected chi connectivity index (χ0v) is 21.3. The van der Waals surface area contributed by atoms with Crippen molar-refractivity contribution >= 4 is 58.1 Å². The summed E-state index contributed by atoms with van der Waals surface area (Å²) in [5.41, 5.74) is 2.24. The third-order valence-corrected chi connectivity index (χ3v) is 5.71. The summed E-state index contributed by atoms with van der Waals surface area (Å²) in [6.07, 6.45) is 3.73. The molecule has 3 aromatic rings. The van der Waals surface area contributed by atoms with Gasteiger partial charge in [-0.2, -0.15) is 0 Å². The molecule has 0 fully saturated rings. The number of benzene rings is 1. The third kappa shape index (κ3) is 7.13. The van der Waals surface area contributed by atoms with Gasteiger partial charge in [0.2, 0.25) is 5.91 Å². The molecule has 3 rings (SSSR count). The molecule has 0 aliphatic rings. The van der Waals surface area contributed by atoms with Crippen LogP contribution in [0.5, 0.6) is 5.75 Å². The van der Waals surface area contributed by atoms with Crippen molar-refractivity contribution in [3.05, 3.63) is 52.3 Å². The fourth-order valence-corrected chi connectivity index (χ4v) is 3.83. The summed E-state index contributed by atoms with van der Waals surface area (Å²) < 4.78 is 5.51. The van der Waals surface area contributed by atoms with Crippen molar-refractivity contribution in [2.24, 2.45) is 4.99 Å². The second kappa shape index (κ2) is 12.6. The molecule has 0 saturated heterocycles. The quantitative estimate of drug-likeness (QED) is 0.215. The van der Waals surface area contributed by atoms with E-state index in [4.69, 9.17) is 4.74 Å². The SMILES string of the molecule is COc1cccc2[nH]cc(CCNC(=NCC(=O)N(C)C)NCCc3cccs3)c12.I. The Morgan fingerprint density at radius 1 is 1.16 bits per heavy atom. The molecule has 9 heteroatoms. The van der Waals surface area contributed by atoms with Crippen molar-refractivity contribution in [3.8, 4) is 5.75 Å². The molecule has 0 aliphatic carbocycles. The average Bonchev–Trinajstić information content (AvgIpc) is 3.41. The van der Waals surface area contributed by atoms with Gasteiger partial charge < -0.3 is 25.3 Å². The van der Waals surface area contributed by atoms with Crippen LogP contribution in [0.4, 0.5) is 0 Å². The van der Waals surface area contributed by atoms with E-state index < -0.39 is 0 Å². The van der Waals surface area contributed by atoms with Gasteiger partial charge in [-0.1, -0.05) is 12.1 Å². The Kier molecular flexibility index (Phi) is 10.1. The van der Waals surface area contributed by atoms with Crippen molar-refractivity contribution in [2.45, 2.75) is 12.8 Å². The molecule has 0 saturated carbocycles. The first-order valence-corrected chi connectivity index (χ1v) is 10.8. The molecular formula is C22H30IN5O2S. The molecule has 0 atom stereocenters. The van der Waals surface area contributed by atoms with E-state index in [9.17, 15) is 4.79 Å². The molecule has 1 amide bonds. The van der Waals surface area contributed by atoms with Gasteiger partial charge in [0.1, 0.15) is 12.3 Å². The number of carbonyl (C=O) groups excluding carboxylic acids is 1. The van der Waals surface area contributed by atoms with Crippen LogP contribution in [0.1, 0.15) is 10.4 Å². The number of fused-ring (bicyclic) bond motifs is 1. The lowest BCUT2D eigenvalue weighted by atomic mass is 10.1. The van der Waals surface area contributed by atoms with E-state index in [1.54, 1.807) is 37.4 Å². The van der Waals surface area contributed by atoms with Gasteiger partial charge in [0.15, 0.2) is 5.96 Å². The van der Waals surface area contributed by atoms with E-state index in [0.29, 0.717) is 12.5 Å². The van der Waals surface area contributed by atoms with Gasteiger partial charge in [0.25, 0.3) is 0 Å². The van der Waals surface area contributed by atoms with Crippen LogP contribution in [0, 0.1) is 0 Å². The van der Waals surface area contributed by atoms with E-state index in [2.05, 4.69) is 38.1 Å². The lowest BCUT2D eigenvalue weighted by Gasteiger charge is -2.14. The third-order valence-electron chi connectivity index (χ3n) is 4.77. The number of rotatable bonds is 9. The highest BCUT2D eigenvalue weighted by Gasteiger charge is 2.10. The number of amides is 1. The number of nitrogens with zero attached hydrogens (tertiary/aromatic N) is 2. The number of hydrogen-bond donors (Lipinski definition) is 3. The molecule has 2 heterocycles. The molecule has 31 heavy (non-hydrogen) atoms. The molecule has 0 bridgehead atoms. The monoisotopic (exact) mass is 555 g/mol. The Hall–Kier alpha value is -2.27. The number of aromatic amines is 1. The highest BCUT2D eigenvalue weighted by Crippen LogP contribution is 2.28. The first-order chi connectivity index (χ1) is 14.6. The standard InChI is InChI=1S/C22H29N5O2S.HI/c1-27(2)20(28)15-26-22(24-12-10-17-6-5-13-30-17)23-11-9-16-14-25-18-7-4-8-19(29-3)21(16)18;/h4-8,13-14,25H,9-12,15H2,1-3H3,(H2,23,24,26);1H. The molecule has 7 nitrogen and oxygen atoms in total. The second-order valence-corrected chi connectivity index (χ2v) is 8.11. The zero-order chi connectivity index (χ0) is 21.3. The number of aromatic nitrogens is 1. The number of likely N-dealkylation sites (N-methyl/N-ethyl adjacent to an activating group) is 1. The largest absolute Gasteiger partial charge is 0.496 e. The minimum atomic E-state index is -0.0317. The smallest absolute Gasteiger partial charge is 0.243 e. The summed E-state index contributed by atoms with van der Waals surface area (Å²) in [4.78, 5) is 22.5. The minimum absolute atomic E-state index is 0. The first kappa shape index (κ1) is 25.0. The van der Waals surface area contributed by atoms with Crippen LogP contribution in [0.25, 0.3) is 10.9 Å². The highest BCUT2D eigenvalue weighted by molar-refractivity contribution is 14.0. The summed E-state index contributed by atoms with van der Waals surface area (Å²) in [5.74, 6) is 1.48. The molecule has 0 radical (unpaired) electrons. The van der Waals surface area contributed by atoms with Crippen LogP contribution in [-0.2, 0) is 17.6 Å². The van der Waals surface area contributed by atoms with Gasteiger partial charge in [0, 0.05) is 49.2 Å². The molecule has 2 aromatic heterocycles. The number of halogens is 1. The lowest BCUT2D eigenvalue weighted by Crippen LogP contribution is -2.40. The second-order valence-electron chi connectivity index (χ2n) is 7.08. The summed E-state index contributed by atoms with van der Waals surface area (Å²) in [5, 5.41) is 9.87. The van der Waals surface area contributed by atoms with Gasteiger partial charge in [-0.3, -0.25) is 4.79 Å². The fraction of sp³-hybridized carbons (Fsp3) is 0.364. The van der Waals surface area contributed by atoms with Gasteiger partial charge in [-0.05, 0) is 42.0 Å². The van der Waals surface area contributed by atoms with Gasteiger partial charge in [0.05, 0.1) is 7.11 Å². The van der Waals surface area contributed by atoms with Crippen LogP contribution in [0.15, 0.2) is 46.9 Å². The molecular weight excluding hydrogens is 525 g/mol. The molecule has 0 spiro atoms. The minimum Gasteiger partial charge on any atom is -0.496 e. The predicted octanol–water partition coefficient (Wildman–Crippen LogP) is 3.26. The Morgan fingerprint density at radius 3 is 2.61 bits per heavy atom. The maximum absolute atomic E-state index is 11.9. The number of carbonyl (C=O) groups is 1. The van der Waals surface area contributed by atoms with E-state index in [1.165, 1.54) is 10.4 Å². The first-order valence-electron chi connectivity index (χ1n) is 9.96. The lowest BCUT2D eigenvalue weighted by molar-refractivity contribution is -0.127. The van der Waals surface area contributed by atoms with E-state index in [-0.39, 0.29) is 36.4 Å². The van der Waals surface area contributed by atoms with Gasteiger partial charge in [-0.25, -0.2) is 4.99 Å².